The summed E-state index contributed by atoms with van der Waals surface area (Å²) in [4.78, 5) is 0. The lowest BCUT2D eigenvalue weighted by Crippen LogP contribution is -2.29. The number of allylic oxidation sites excluding steroid dienone is 2. The van der Waals surface area contributed by atoms with Gasteiger partial charge in [-0.1, -0.05) is 67.3 Å². The number of fused-ring (bicyclic) bond motifs is 2. The van der Waals surface area contributed by atoms with Crippen LogP contribution in [-0.4, -0.2) is 0 Å². The smallest absolute Gasteiger partial charge is 0.00227 e. The minimum Gasteiger partial charge on any atom is -0.0952 e. The van der Waals surface area contributed by atoms with Gasteiger partial charge >= 0.3 is 0 Å². The summed E-state index contributed by atoms with van der Waals surface area (Å²) in [5.41, 5.74) is 7.05. The molecule has 0 amide bonds. The third-order valence-electron chi connectivity index (χ3n) is 5.03. The van der Waals surface area contributed by atoms with E-state index in [4.69, 9.17) is 0 Å². The third-order valence-corrected chi connectivity index (χ3v) is 5.03. The van der Waals surface area contributed by atoms with E-state index in [1.54, 1.807) is 0 Å². The van der Waals surface area contributed by atoms with E-state index in [2.05, 4.69) is 67.3 Å². The first-order valence-corrected chi connectivity index (χ1v) is 8.57. The molecule has 0 saturated heterocycles. The normalized spacial score (nSPS) is 15.6. The molecule has 0 saturated carbocycles. The Morgan fingerprint density at radius 2 is 1.87 bits per heavy atom. The molecule has 0 aliphatic heterocycles. The van der Waals surface area contributed by atoms with Crippen LogP contribution in [0.2, 0.25) is 0 Å². The van der Waals surface area contributed by atoms with Crippen molar-refractivity contribution in [3.8, 4) is 0 Å². The minimum absolute atomic E-state index is 0.956. The zero-order chi connectivity index (χ0) is 15.6. The average Bonchev–Trinajstić information content (AvgIpc) is 2.61. The molecule has 2 aromatic carbocycles. The predicted octanol–water partition coefficient (Wildman–Crippen LogP) is 4.17. The van der Waals surface area contributed by atoms with Gasteiger partial charge in [0.2, 0.25) is 0 Å². The highest BCUT2D eigenvalue weighted by Crippen LogP contribution is 2.27. The second-order valence-corrected chi connectivity index (χ2v) is 6.52. The van der Waals surface area contributed by atoms with E-state index in [1.165, 1.54) is 44.7 Å². The molecule has 0 fully saturated rings. The monoisotopic (exact) mass is 298 g/mol. The molecular weight excluding hydrogens is 276 g/mol. The summed E-state index contributed by atoms with van der Waals surface area (Å²) in [6, 6.07) is 15.5. The van der Waals surface area contributed by atoms with Gasteiger partial charge in [0.15, 0.2) is 0 Å². The zero-order valence-electron chi connectivity index (χ0n) is 13.5. The van der Waals surface area contributed by atoms with Crippen LogP contribution >= 0.6 is 0 Å². The average molecular weight is 298 g/mol. The van der Waals surface area contributed by atoms with Gasteiger partial charge in [0.05, 0.1) is 0 Å². The van der Waals surface area contributed by atoms with Gasteiger partial charge in [-0.2, -0.15) is 0 Å². The Labute approximate surface area is 138 Å². The number of hydrogen-bond acceptors (Lipinski definition) is 0. The number of benzene rings is 2. The van der Waals surface area contributed by atoms with Crippen LogP contribution in [0.15, 0.2) is 60.7 Å². The molecule has 0 aromatic heterocycles. The van der Waals surface area contributed by atoms with E-state index >= 15 is 0 Å². The summed E-state index contributed by atoms with van der Waals surface area (Å²) in [7, 11) is 0. The summed E-state index contributed by atoms with van der Waals surface area (Å²) in [5.74, 6) is 0. The van der Waals surface area contributed by atoms with Crippen LogP contribution < -0.4 is 10.4 Å². The Bertz CT molecular complexity index is 909. The standard InChI is InChI=1S/C23H22/c1-17(21-15-7-11-19-9-3-5-14-23(19)21)16-20-12-6-10-18-8-2-4-13-22(18)20/h3-6,9-14H,1-2,7-8,15-16H2. The molecule has 0 N–H and O–H groups in total. The van der Waals surface area contributed by atoms with Crippen molar-refractivity contribution >= 4 is 17.7 Å². The first-order valence-electron chi connectivity index (χ1n) is 8.57. The summed E-state index contributed by atoms with van der Waals surface area (Å²) in [5, 5.41) is 2.74. The highest BCUT2D eigenvalue weighted by molar-refractivity contribution is 5.69. The Hall–Kier alpha value is -2.34. The quantitative estimate of drug-likeness (QED) is 0.798. The van der Waals surface area contributed by atoms with Crippen LogP contribution in [0.1, 0.15) is 36.0 Å². The van der Waals surface area contributed by atoms with Crippen LogP contribution in [-0.2, 0) is 12.8 Å². The molecule has 0 spiro atoms. The molecule has 0 atom stereocenters. The van der Waals surface area contributed by atoms with Gasteiger partial charge in [-0.15, -0.1) is 0 Å². The SMILES string of the molecule is C=C(Cc1cccc2c1C=CCC2)C1=c2ccccc2=CCC1. The summed E-state index contributed by atoms with van der Waals surface area (Å²) in [6.07, 6.45) is 12.5. The lowest BCUT2D eigenvalue weighted by molar-refractivity contribution is 0.972. The molecule has 0 bridgehead atoms. The van der Waals surface area contributed by atoms with Gasteiger partial charge in [-0.25, -0.2) is 0 Å². The number of aryl methyl sites for hydroxylation is 1. The fraction of sp³-hybridized carbons (Fsp3) is 0.217. The molecular formula is C23H22. The van der Waals surface area contributed by atoms with Crippen molar-refractivity contribution < 1.29 is 0 Å². The predicted molar refractivity (Wildman–Crippen MR) is 99.4 cm³/mol. The molecule has 114 valence electrons. The second-order valence-electron chi connectivity index (χ2n) is 6.52. The Kier molecular flexibility index (Phi) is 3.75. The van der Waals surface area contributed by atoms with E-state index in [-0.39, 0.29) is 0 Å². The van der Waals surface area contributed by atoms with Gasteiger partial charge in [0.1, 0.15) is 0 Å². The van der Waals surface area contributed by atoms with E-state index in [9.17, 15) is 0 Å². The molecule has 0 nitrogen and oxygen atoms in total. The van der Waals surface area contributed by atoms with Crippen molar-refractivity contribution in [1.82, 2.24) is 0 Å². The lowest BCUT2D eigenvalue weighted by atomic mass is 9.87. The van der Waals surface area contributed by atoms with Gasteiger partial charge in [0, 0.05) is 0 Å². The topological polar surface area (TPSA) is 0 Å². The first kappa shape index (κ1) is 14.3. The maximum Gasteiger partial charge on any atom is -0.00227 e. The largest absolute Gasteiger partial charge is 0.0952 e. The summed E-state index contributed by atoms with van der Waals surface area (Å²) >= 11 is 0. The highest BCUT2D eigenvalue weighted by Gasteiger charge is 2.13. The van der Waals surface area contributed by atoms with Crippen LogP contribution in [0.25, 0.3) is 17.7 Å². The van der Waals surface area contributed by atoms with Gasteiger partial charge in [-0.3, -0.25) is 0 Å². The minimum atomic E-state index is 0.956. The Morgan fingerprint density at radius 1 is 0.957 bits per heavy atom. The molecule has 0 heteroatoms. The van der Waals surface area contributed by atoms with E-state index in [1.807, 2.05) is 0 Å². The van der Waals surface area contributed by atoms with E-state index in [0.29, 0.717) is 0 Å². The fourth-order valence-electron chi connectivity index (χ4n) is 3.85. The molecule has 4 rings (SSSR count). The lowest BCUT2D eigenvalue weighted by Gasteiger charge is -2.18. The number of rotatable bonds is 3. The van der Waals surface area contributed by atoms with Crippen molar-refractivity contribution in [2.75, 3.05) is 0 Å². The van der Waals surface area contributed by atoms with Crippen molar-refractivity contribution in [2.24, 2.45) is 0 Å². The fourth-order valence-corrected chi connectivity index (χ4v) is 3.85. The maximum atomic E-state index is 4.45. The molecule has 0 unspecified atom stereocenters. The second kappa shape index (κ2) is 6.04. The number of hydrogen-bond donors (Lipinski definition) is 0. The maximum absolute atomic E-state index is 4.45. The molecule has 0 radical (unpaired) electrons. The van der Waals surface area contributed by atoms with E-state index < -0.39 is 0 Å². The van der Waals surface area contributed by atoms with Crippen molar-refractivity contribution in [3.63, 3.8) is 0 Å². The van der Waals surface area contributed by atoms with Crippen LogP contribution in [0.4, 0.5) is 0 Å². The van der Waals surface area contributed by atoms with Crippen molar-refractivity contribution in [1.29, 1.82) is 0 Å². The highest BCUT2D eigenvalue weighted by atomic mass is 14.2. The Balaban J connectivity index is 1.73. The first-order chi connectivity index (χ1) is 11.3. The zero-order valence-corrected chi connectivity index (χ0v) is 13.5. The van der Waals surface area contributed by atoms with Gasteiger partial charge < -0.3 is 0 Å². The summed E-state index contributed by atoms with van der Waals surface area (Å²) in [6.45, 7) is 4.45. The van der Waals surface area contributed by atoms with Crippen LogP contribution in [0, 0.1) is 0 Å². The van der Waals surface area contributed by atoms with Crippen LogP contribution in [0.5, 0.6) is 0 Å². The molecule has 0 heterocycles. The molecule has 2 aliphatic rings. The molecule has 2 aliphatic carbocycles. The van der Waals surface area contributed by atoms with E-state index in [0.717, 1.165) is 25.7 Å². The molecule has 23 heavy (non-hydrogen) atoms. The molecule has 2 aromatic rings. The van der Waals surface area contributed by atoms with Crippen molar-refractivity contribution in [2.45, 2.75) is 32.1 Å². The summed E-state index contributed by atoms with van der Waals surface area (Å²) < 4.78 is 0. The Morgan fingerprint density at radius 3 is 2.83 bits per heavy atom. The van der Waals surface area contributed by atoms with Crippen molar-refractivity contribution in [3.05, 3.63) is 87.8 Å². The van der Waals surface area contributed by atoms with Gasteiger partial charge in [-0.05, 0) is 70.4 Å². The van der Waals surface area contributed by atoms with Crippen LogP contribution in [0.3, 0.4) is 0 Å². The third kappa shape index (κ3) is 2.70. The van der Waals surface area contributed by atoms with Gasteiger partial charge in [0.25, 0.3) is 0 Å².